The van der Waals surface area contributed by atoms with Crippen LogP contribution in [0.1, 0.15) is 61.3 Å². The summed E-state index contributed by atoms with van der Waals surface area (Å²) in [6, 6.07) is 0. The quantitative estimate of drug-likeness (QED) is 0.579. The van der Waals surface area contributed by atoms with Crippen LogP contribution in [0, 0.1) is 23.2 Å². The summed E-state index contributed by atoms with van der Waals surface area (Å²) in [6.45, 7) is 16.6. The molecule has 0 aromatic rings. The molecule has 0 aromatic carbocycles. The second kappa shape index (κ2) is 5.02. The summed E-state index contributed by atoms with van der Waals surface area (Å²) in [7, 11) is 0. The molecule has 0 aliphatic rings. The molecule has 0 fully saturated rings. The molecule has 80 valence electrons. The van der Waals surface area contributed by atoms with Gasteiger partial charge in [0.1, 0.15) is 0 Å². The van der Waals surface area contributed by atoms with Crippen LogP contribution in [0.25, 0.3) is 0 Å². The number of rotatable bonds is 5. The van der Waals surface area contributed by atoms with Crippen molar-refractivity contribution < 1.29 is 0 Å². The summed E-state index contributed by atoms with van der Waals surface area (Å²) < 4.78 is 0. The minimum absolute atomic E-state index is 0.531. The lowest BCUT2D eigenvalue weighted by Crippen LogP contribution is -2.34. The Morgan fingerprint density at radius 1 is 1.00 bits per heavy atom. The normalized spacial score (nSPS) is 19.2. The summed E-state index contributed by atoms with van der Waals surface area (Å²) in [6.07, 6.45) is 2.68. The van der Waals surface area contributed by atoms with E-state index in [-0.39, 0.29) is 0 Å². The van der Waals surface area contributed by atoms with E-state index in [0.29, 0.717) is 5.41 Å². The molecule has 0 aliphatic heterocycles. The number of hydrogen-bond acceptors (Lipinski definition) is 0. The van der Waals surface area contributed by atoms with Crippen molar-refractivity contribution >= 4 is 0 Å². The SMILES string of the molecule is CCCC(C)(C(C)C)C(C)C(C)C. The van der Waals surface area contributed by atoms with Gasteiger partial charge < -0.3 is 0 Å². The van der Waals surface area contributed by atoms with E-state index in [2.05, 4.69) is 48.5 Å². The van der Waals surface area contributed by atoms with Crippen molar-refractivity contribution in [2.75, 3.05) is 0 Å². The molecule has 0 N–H and O–H groups in total. The van der Waals surface area contributed by atoms with Gasteiger partial charge in [0.05, 0.1) is 0 Å². The van der Waals surface area contributed by atoms with E-state index >= 15 is 0 Å². The first-order valence-electron chi connectivity index (χ1n) is 5.86. The Bertz CT molecular complexity index is 135. The fraction of sp³-hybridized carbons (Fsp3) is 1.00. The molecule has 0 heterocycles. The van der Waals surface area contributed by atoms with Crippen LogP contribution in [0.2, 0.25) is 0 Å². The molecule has 0 spiro atoms. The van der Waals surface area contributed by atoms with Crippen LogP contribution in [-0.4, -0.2) is 0 Å². The Morgan fingerprint density at radius 2 is 1.46 bits per heavy atom. The van der Waals surface area contributed by atoms with Gasteiger partial charge in [-0.2, -0.15) is 0 Å². The van der Waals surface area contributed by atoms with Gasteiger partial charge >= 0.3 is 0 Å². The maximum Gasteiger partial charge on any atom is -0.0275 e. The van der Waals surface area contributed by atoms with Crippen LogP contribution in [0.3, 0.4) is 0 Å². The molecular weight excluding hydrogens is 156 g/mol. The second-order valence-corrected chi connectivity index (χ2v) is 5.44. The maximum absolute atomic E-state index is 2.46. The van der Waals surface area contributed by atoms with Crippen molar-refractivity contribution in [3.05, 3.63) is 0 Å². The van der Waals surface area contributed by atoms with Gasteiger partial charge in [-0.05, 0) is 29.6 Å². The van der Waals surface area contributed by atoms with Crippen molar-refractivity contribution in [2.24, 2.45) is 23.2 Å². The zero-order valence-corrected chi connectivity index (χ0v) is 10.6. The summed E-state index contributed by atoms with van der Waals surface area (Å²) in [5, 5.41) is 0. The van der Waals surface area contributed by atoms with Crippen LogP contribution in [0.15, 0.2) is 0 Å². The van der Waals surface area contributed by atoms with E-state index < -0.39 is 0 Å². The van der Waals surface area contributed by atoms with Crippen LogP contribution in [0.5, 0.6) is 0 Å². The third-order valence-corrected chi connectivity index (χ3v) is 4.15. The molecule has 0 nitrogen and oxygen atoms in total. The molecule has 0 aromatic heterocycles. The second-order valence-electron chi connectivity index (χ2n) is 5.44. The topological polar surface area (TPSA) is 0 Å². The predicted molar refractivity (Wildman–Crippen MR) is 61.9 cm³/mol. The maximum atomic E-state index is 2.46. The fourth-order valence-corrected chi connectivity index (χ4v) is 2.34. The predicted octanol–water partition coefficient (Wildman–Crippen LogP) is 4.74. The standard InChI is InChI=1S/C13H28/c1-8-9-13(7,11(4)5)12(6)10(2)3/h10-12H,8-9H2,1-7H3. The molecule has 0 radical (unpaired) electrons. The zero-order valence-electron chi connectivity index (χ0n) is 10.6. The summed E-state index contributed by atoms with van der Waals surface area (Å²) in [5.41, 5.74) is 0.531. The average Bonchev–Trinajstić information content (AvgIpc) is 2.02. The zero-order chi connectivity index (χ0) is 10.6. The van der Waals surface area contributed by atoms with Crippen molar-refractivity contribution in [1.29, 1.82) is 0 Å². The highest BCUT2D eigenvalue weighted by atomic mass is 14.4. The highest BCUT2D eigenvalue weighted by Crippen LogP contribution is 2.43. The van der Waals surface area contributed by atoms with E-state index in [9.17, 15) is 0 Å². The highest BCUT2D eigenvalue weighted by molar-refractivity contribution is 4.84. The van der Waals surface area contributed by atoms with Gasteiger partial charge in [0.25, 0.3) is 0 Å². The largest absolute Gasteiger partial charge is 0.0654 e. The van der Waals surface area contributed by atoms with E-state index in [1.54, 1.807) is 0 Å². The van der Waals surface area contributed by atoms with E-state index in [4.69, 9.17) is 0 Å². The molecule has 0 amide bonds. The molecule has 0 bridgehead atoms. The van der Waals surface area contributed by atoms with Gasteiger partial charge in [-0.15, -0.1) is 0 Å². The monoisotopic (exact) mass is 184 g/mol. The Labute approximate surface area is 85.1 Å². The molecule has 0 rings (SSSR count). The van der Waals surface area contributed by atoms with Gasteiger partial charge in [0.2, 0.25) is 0 Å². The van der Waals surface area contributed by atoms with Crippen molar-refractivity contribution in [3.8, 4) is 0 Å². The van der Waals surface area contributed by atoms with Crippen molar-refractivity contribution in [1.82, 2.24) is 0 Å². The lowest BCUT2D eigenvalue weighted by molar-refractivity contribution is 0.0777. The van der Waals surface area contributed by atoms with Crippen molar-refractivity contribution in [3.63, 3.8) is 0 Å². The molecule has 2 atom stereocenters. The molecule has 0 saturated carbocycles. The van der Waals surface area contributed by atoms with E-state index in [1.165, 1.54) is 12.8 Å². The fourth-order valence-electron chi connectivity index (χ4n) is 2.34. The first-order valence-corrected chi connectivity index (χ1v) is 5.86. The molecule has 0 aliphatic carbocycles. The van der Waals surface area contributed by atoms with E-state index in [1.807, 2.05) is 0 Å². The highest BCUT2D eigenvalue weighted by Gasteiger charge is 2.34. The smallest absolute Gasteiger partial charge is 0.0275 e. The van der Waals surface area contributed by atoms with Gasteiger partial charge in [0.15, 0.2) is 0 Å². The number of hydrogen-bond donors (Lipinski definition) is 0. The minimum atomic E-state index is 0.531. The molecule has 0 saturated heterocycles. The van der Waals surface area contributed by atoms with Crippen LogP contribution >= 0.6 is 0 Å². The lowest BCUT2D eigenvalue weighted by Gasteiger charge is -2.42. The molecule has 0 heteroatoms. The minimum Gasteiger partial charge on any atom is -0.0654 e. The third kappa shape index (κ3) is 3.00. The molecule has 2 unspecified atom stereocenters. The summed E-state index contributed by atoms with van der Waals surface area (Å²) in [5.74, 6) is 2.43. The van der Waals surface area contributed by atoms with E-state index in [0.717, 1.165) is 17.8 Å². The van der Waals surface area contributed by atoms with Crippen molar-refractivity contribution in [2.45, 2.75) is 61.3 Å². The van der Waals surface area contributed by atoms with Gasteiger partial charge in [-0.1, -0.05) is 54.9 Å². The van der Waals surface area contributed by atoms with Crippen LogP contribution in [0.4, 0.5) is 0 Å². The first kappa shape index (κ1) is 13.0. The Morgan fingerprint density at radius 3 is 1.69 bits per heavy atom. The van der Waals surface area contributed by atoms with Gasteiger partial charge in [-0.3, -0.25) is 0 Å². The third-order valence-electron chi connectivity index (χ3n) is 4.15. The summed E-state index contributed by atoms with van der Waals surface area (Å²) in [4.78, 5) is 0. The first-order chi connectivity index (χ1) is 5.86. The lowest BCUT2D eigenvalue weighted by atomic mass is 9.64. The van der Waals surface area contributed by atoms with Gasteiger partial charge in [-0.25, -0.2) is 0 Å². The Hall–Kier alpha value is 0. The van der Waals surface area contributed by atoms with Crippen LogP contribution in [-0.2, 0) is 0 Å². The molecule has 13 heavy (non-hydrogen) atoms. The summed E-state index contributed by atoms with van der Waals surface area (Å²) >= 11 is 0. The average molecular weight is 184 g/mol. The molecular formula is C13H28. The van der Waals surface area contributed by atoms with Crippen LogP contribution < -0.4 is 0 Å². The van der Waals surface area contributed by atoms with Gasteiger partial charge in [0, 0.05) is 0 Å². The Balaban J connectivity index is 4.57. The Kier molecular flexibility index (Phi) is 5.02.